The van der Waals surface area contributed by atoms with Gasteiger partial charge in [-0.1, -0.05) is 18.0 Å². The van der Waals surface area contributed by atoms with Gasteiger partial charge in [0.1, 0.15) is 5.41 Å². The van der Waals surface area contributed by atoms with Gasteiger partial charge in [0, 0.05) is 13.6 Å². The van der Waals surface area contributed by atoms with Crippen molar-refractivity contribution >= 4 is 11.7 Å². The molecule has 0 radical (unpaired) electrons. The Morgan fingerprint density at radius 1 is 1.44 bits per heavy atom. The first kappa shape index (κ1) is 14.8. The number of carbonyl (C=O) groups excluding carboxylic acids is 1. The summed E-state index contributed by atoms with van der Waals surface area (Å²) in [5.74, 6) is -0.393. The molecule has 1 fully saturated rings. The van der Waals surface area contributed by atoms with Gasteiger partial charge in [-0.25, -0.2) is 0 Å². The Hall–Kier alpha value is -1.30. The Morgan fingerprint density at radius 3 is 2.39 bits per heavy atom. The maximum absolute atomic E-state index is 12.2. The quantitative estimate of drug-likeness (QED) is 0.296. The fraction of sp³-hybridized carbons (Fsp3) is 0.833. The maximum Gasteiger partial charge on any atom is 0.235 e. The second-order valence-electron chi connectivity index (χ2n) is 5.70. The number of oxime groups is 1. The van der Waals surface area contributed by atoms with Crippen LogP contribution in [0.2, 0.25) is 0 Å². The van der Waals surface area contributed by atoms with E-state index in [4.69, 9.17) is 10.9 Å². The molecular weight excluding hydrogens is 234 g/mol. The van der Waals surface area contributed by atoms with Crippen molar-refractivity contribution in [2.75, 3.05) is 13.6 Å². The second-order valence-corrected chi connectivity index (χ2v) is 5.70. The third-order valence-corrected chi connectivity index (χ3v) is 3.70. The minimum Gasteiger partial charge on any atom is -0.409 e. The van der Waals surface area contributed by atoms with E-state index in [1.165, 1.54) is 4.90 Å². The van der Waals surface area contributed by atoms with E-state index in [-0.39, 0.29) is 18.3 Å². The molecule has 0 aliphatic heterocycles. The van der Waals surface area contributed by atoms with Crippen molar-refractivity contribution in [1.29, 1.82) is 0 Å². The number of hydrogen-bond acceptors (Lipinski definition) is 4. The molecule has 0 aromatic rings. The molecule has 1 aliphatic carbocycles. The van der Waals surface area contributed by atoms with E-state index in [9.17, 15) is 9.90 Å². The lowest BCUT2D eigenvalue weighted by molar-refractivity contribution is -0.139. The fourth-order valence-corrected chi connectivity index (χ4v) is 2.42. The molecule has 1 aliphatic rings. The van der Waals surface area contributed by atoms with Crippen LogP contribution >= 0.6 is 0 Å². The van der Waals surface area contributed by atoms with Gasteiger partial charge in [0.05, 0.1) is 5.60 Å². The molecule has 1 saturated carbocycles. The molecule has 1 amide bonds. The van der Waals surface area contributed by atoms with Gasteiger partial charge >= 0.3 is 0 Å². The average Bonchev–Trinajstić information content (AvgIpc) is 2.73. The van der Waals surface area contributed by atoms with E-state index >= 15 is 0 Å². The van der Waals surface area contributed by atoms with Gasteiger partial charge in [0.15, 0.2) is 5.84 Å². The minimum absolute atomic E-state index is 0.127. The molecule has 104 valence electrons. The number of amides is 1. The molecule has 6 heteroatoms. The summed E-state index contributed by atoms with van der Waals surface area (Å²) in [6, 6.07) is 0. The highest BCUT2D eigenvalue weighted by molar-refractivity contribution is 6.05. The number of aliphatic hydroxyl groups is 1. The summed E-state index contributed by atoms with van der Waals surface area (Å²) in [5, 5.41) is 21.8. The number of likely N-dealkylation sites (N-methyl/N-ethyl adjacent to an activating group) is 1. The lowest BCUT2D eigenvalue weighted by atomic mass is 9.89. The molecular formula is C12H23N3O3. The molecule has 0 atom stereocenters. The monoisotopic (exact) mass is 257 g/mol. The predicted molar refractivity (Wildman–Crippen MR) is 68.2 cm³/mol. The van der Waals surface area contributed by atoms with Crippen molar-refractivity contribution in [2.24, 2.45) is 16.3 Å². The molecule has 0 aromatic carbocycles. The van der Waals surface area contributed by atoms with Crippen molar-refractivity contribution in [2.45, 2.75) is 45.1 Å². The van der Waals surface area contributed by atoms with Crippen molar-refractivity contribution in [3.8, 4) is 0 Å². The number of nitrogens with two attached hydrogens (primary N) is 1. The lowest BCUT2D eigenvalue weighted by Crippen LogP contribution is -2.50. The fourth-order valence-electron chi connectivity index (χ4n) is 2.42. The van der Waals surface area contributed by atoms with Gasteiger partial charge in [-0.2, -0.15) is 0 Å². The van der Waals surface area contributed by atoms with E-state index in [1.54, 1.807) is 20.9 Å². The van der Waals surface area contributed by atoms with Gasteiger partial charge in [-0.05, 0) is 26.7 Å². The first-order chi connectivity index (χ1) is 8.23. The van der Waals surface area contributed by atoms with Crippen LogP contribution in [0, 0.1) is 5.41 Å². The highest BCUT2D eigenvalue weighted by Crippen LogP contribution is 2.31. The normalized spacial score (nSPS) is 19.9. The summed E-state index contributed by atoms with van der Waals surface area (Å²) in [5.41, 5.74) is 3.66. The van der Waals surface area contributed by atoms with Crippen LogP contribution in [0.1, 0.15) is 39.5 Å². The molecule has 0 heterocycles. The largest absolute Gasteiger partial charge is 0.409 e. The summed E-state index contributed by atoms with van der Waals surface area (Å²) >= 11 is 0. The highest BCUT2D eigenvalue weighted by Gasteiger charge is 2.39. The summed E-state index contributed by atoms with van der Waals surface area (Å²) in [7, 11) is 1.63. The van der Waals surface area contributed by atoms with Gasteiger partial charge in [0.25, 0.3) is 0 Å². The summed E-state index contributed by atoms with van der Waals surface area (Å²) in [6.07, 6.45) is 3.41. The van der Waals surface area contributed by atoms with E-state index < -0.39 is 11.0 Å². The standard InChI is InChI=1S/C12H23N3O3/c1-11(2,9(13)14-18)10(16)15(3)8-12(17)6-4-5-7-12/h17-18H,4-8H2,1-3H3,(H2,13,14). The first-order valence-corrected chi connectivity index (χ1v) is 6.19. The third kappa shape index (κ3) is 2.93. The Morgan fingerprint density at radius 2 is 1.94 bits per heavy atom. The third-order valence-electron chi connectivity index (χ3n) is 3.70. The van der Waals surface area contributed by atoms with Crippen molar-refractivity contribution < 1.29 is 15.1 Å². The second kappa shape index (κ2) is 5.14. The molecule has 0 unspecified atom stereocenters. The van der Waals surface area contributed by atoms with Crippen LogP contribution < -0.4 is 5.73 Å². The zero-order valence-corrected chi connectivity index (χ0v) is 11.3. The van der Waals surface area contributed by atoms with Crippen molar-refractivity contribution in [1.82, 2.24) is 4.90 Å². The topological polar surface area (TPSA) is 99.2 Å². The number of nitrogens with zero attached hydrogens (tertiary/aromatic N) is 2. The van der Waals surface area contributed by atoms with Crippen LogP contribution in [0.25, 0.3) is 0 Å². The Kier molecular flexibility index (Phi) is 4.21. The first-order valence-electron chi connectivity index (χ1n) is 6.19. The summed E-state index contributed by atoms with van der Waals surface area (Å²) in [4.78, 5) is 13.7. The molecule has 0 saturated heterocycles. The molecule has 1 rings (SSSR count). The number of carbonyl (C=O) groups is 1. The lowest BCUT2D eigenvalue weighted by Gasteiger charge is -2.33. The number of rotatable bonds is 4. The van der Waals surface area contributed by atoms with Crippen LogP contribution in [0.3, 0.4) is 0 Å². The van der Waals surface area contributed by atoms with E-state index in [2.05, 4.69) is 5.16 Å². The summed E-state index contributed by atoms with van der Waals surface area (Å²) < 4.78 is 0. The number of amidine groups is 1. The average molecular weight is 257 g/mol. The van der Waals surface area contributed by atoms with E-state index in [1.807, 2.05) is 0 Å². The van der Waals surface area contributed by atoms with Crippen LogP contribution in [-0.2, 0) is 4.79 Å². The van der Waals surface area contributed by atoms with Gasteiger partial charge in [-0.3, -0.25) is 4.79 Å². The zero-order chi connectivity index (χ0) is 14.0. The van der Waals surface area contributed by atoms with Gasteiger partial charge < -0.3 is 20.9 Å². The molecule has 4 N–H and O–H groups in total. The molecule has 6 nitrogen and oxygen atoms in total. The smallest absolute Gasteiger partial charge is 0.235 e. The number of hydrogen-bond donors (Lipinski definition) is 3. The van der Waals surface area contributed by atoms with Crippen LogP contribution in [0.15, 0.2) is 5.16 Å². The van der Waals surface area contributed by atoms with Gasteiger partial charge in [0.2, 0.25) is 5.91 Å². The molecule has 0 bridgehead atoms. The van der Waals surface area contributed by atoms with Crippen LogP contribution in [-0.4, -0.2) is 46.1 Å². The van der Waals surface area contributed by atoms with Crippen molar-refractivity contribution in [3.05, 3.63) is 0 Å². The minimum atomic E-state index is -1.07. The molecule has 0 spiro atoms. The molecule has 0 aromatic heterocycles. The zero-order valence-electron chi connectivity index (χ0n) is 11.3. The van der Waals surface area contributed by atoms with Crippen molar-refractivity contribution in [3.63, 3.8) is 0 Å². The Balaban J connectivity index is 2.72. The maximum atomic E-state index is 12.2. The van der Waals surface area contributed by atoms with E-state index in [0.717, 1.165) is 12.8 Å². The Bertz CT molecular complexity index is 346. The SMILES string of the molecule is CN(CC1(O)CCCC1)C(=O)C(C)(C)C(N)=NO. The Labute approximate surface area is 107 Å². The van der Waals surface area contributed by atoms with Gasteiger partial charge in [-0.15, -0.1) is 0 Å². The molecule has 18 heavy (non-hydrogen) atoms. The summed E-state index contributed by atoms with van der Waals surface area (Å²) in [6.45, 7) is 3.48. The highest BCUT2D eigenvalue weighted by atomic mass is 16.4. The predicted octanol–water partition coefficient (Wildman–Crippen LogP) is 0.523. The van der Waals surface area contributed by atoms with Crippen LogP contribution in [0.5, 0.6) is 0 Å². The van der Waals surface area contributed by atoms with E-state index in [0.29, 0.717) is 12.8 Å². The van der Waals surface area contributed by atoms with Crippen LogP contribution in [0.4, 0.5) is 0 Å².